The topological polar surface area (TPSA) is 52.3 Å². The van der Waals surface area contributed by atoms with Crippen molar-refractivity contribution in [3.63, 3.8) is 0 Å². The molecule has 4 rings (SSSR count). The van der Waals surface area contributed by atoms with Gasteiger partial charge in [0.1, 0.15) is 11.9 Å². The highest BCUT2D eigenvalue weighted by molar-refractivity contribution is 5.77. The molecule has 3 saturated carbocycles. The van der Waals surface area contributed by atoms with Gasteiger partial charge < -0.3 is 10.5 Å². The zero-order chi connectivity index (χ0) is 14.7. The van der Waals surface area contributed by atoms with Gasteiger partial charge in [0.05, 0.1) is 7.11 Å². The first kappa shape index (κ1) is 13.4. The van der Waals surface area contributed by atoms with E-state index in [-0.39, 0.29) is 5.56 Å². The predicted molar refractivity (Wildman–Crippen MR) is 64.3 cm³/mol. The van der Waals surface area contributed by atoms with Crippen LogP contribution in [-0.4, -0.2) is 19.1 Å². The van der Waals surface area contributed by atoms with Gasteiger partial charge in [0, 0.05) is 17.0 Å². The number of methoxy groups -OCH3 is 1. The lowest BCUT2D eigenvalue weighted by Gasteiger charge is -2.72. The molecule has 3 nitrogen and oxygen atoms in total. The van der Waals surface area contributed by atoms with Crippen molar-refractivity contribution in [3.05, 3.63) is 35.1 Å². The lowest BCUT2D eigenvalue weighted by Crippen LogP contribution is -2.72. The largest absolute Gasteiger partial charge is 0.468 e. The van der Waals surface area contributed by atoms with E-state index in [1.54, 1.807) is 0 Å². The van der Waals surface area contributed by atoms with Crippen LogP contribution >= 0.6 is 0 Å². The molecule has 0 aromatic heterocycles. The van der Waals surface area contributed by atoms with Gasteiger partial charge in [0.2, 0.25) is 0 Å². The summed E-state index contributed by atoms with van der Waals surface area (Å²) in [7, 11) is 1.25. The molecule has 108 valence electrons. The van der Waals surface area contributed by atoms with Gasteiger partial charge in [-0.05, 0) is 30.7 Å². The summed E-state index contributed by atoms with van der Waals surface area (Å²) >= 11 is 0. The molecule has 0 amide bonds. The van der Waals surface area contributed by atoms with Crippen molar-refractivity contribution in [2.45, 2.75) is 30.7 Å². The number of hydrogen-bond donors (Lipinski definition) is 1. The van der Waals surface area contributed by atoms with Crippen molar-refractivity contribution < 1.29 is 22.7 Å². The van der Waals surface area contributed by atoms with Crippen molar-refractivity contribution in [1.29, 1.82) is 0 Å². The summed E-state index contributed by atoms with van der Waals surface area (Å²) in [6.07, 6.45) is 1.36. The number of ether oxygens (including phenoxy) is 1. The SMILES string of the molecule is COC(=O)C(N)C12CC(c3cc(F)cc(F)c3F)(C1)C2. The lowest BCUT2D eigenvalue weighted by atomic mass is 9.31. The van der Waals surface area contributed by atoms with Crippen molar-refractivity contribution >= 4 is 5.97 Å². The van der Waals surface area contributed by atoms with Gasteiger partial charge in [-0.15, -0.1) is 0 Å². The summed E-state index contributed by atoms with van der Waals surface area (Å²) in [6, 6.07) is 0.793. The number of hydrogen-bond acceptors (Lipinski definition) is 3. The van der Waals surface area contributed by atoms with Gasteiger partial charge in [-0.3, -0.25) is 4.79 Å². The first-order valence-electron chi connectivity index (χ1n) is 6.32. The number of nitrogens with two attached hydrogens (primary N) is 1. The van der Waals surface area contributed by atoms with Crippen LogP contribution in [0, 0.1) is 22.9 Å². The molecule has 3 aliphatic rings. The highest BCUT2D eigenvalue weighted by atomic mass is 19.2. The minimum atomic E-state index is -1.18. The number of rotatable bonds is 3. The molecule has 6 heteroatoms. The van der Waals surface area contributed by atoms with E-state index in [1.165, 1.54) is 7.11 Å². The van der Waals surface area contributed by atoms with Crippen molar-refractivity contribution in [3.8, 4) is 0 Å². The highest BCUT2D eigenvalue weighted by Crippen LogP contribution is 2.75. The molecule has 0 radical (unpaired) electrons. The molecular formula is C14H14F3NO2. The molecule has 0 spiro atoms. The number of esters is 1. The van der Waals surface area contributed by atoms with Gasteiger partial charge in [-0.1, -0.05) is 0 Å². The average molecular weight is 285 g/mol. The summed E-state index contributed by atoms with van der Waals surface area (Å²) in [6.45, 7) is 0. The molecule has 2 bridgehead atoms. The van der Waals surface area contributed by atoms with Crippen LogP contribution < -0.4 is 5.73 Å². The van der Waals surface area contributed by atoms with Crippen LogP contribution in [0.25, 0.3) is 0 Å². The first-order valence-corrected chi connectivity index (χ1v) is 6.32. The van der Waals surface area contributed by atoms with Crippen molar-refractivity contribution in [2.75, 3.05) is 7.11 Å². The van der Waals surface area contributed by atoms with E-state index in [0.29, 0.717) is 25.3 Å². The number of benzene rings is 1. The van der Waals surface area contributed by atoms with Crippen LogP contribution in [0.3, 0.4) is 0 Å². The van der Waals surface area contributed by atoms with Gasteiger partial charge in [-0.25, -0.2) is 13.2 Å². The maximum absolute atomic E-state index is 13.8. The summed E-state index contributed by atoms with van der Waals surface area (Å²) in [4.78, 5) is 11.5. The third kappa shape index (κ3) is 1.54. The molecule has 1 unspecified atom stereocenters. The Hall–Kier alpha value is -1.56. The Labute approximate surface area is 113 Å². The standard InChI is InChI=1S/C14H14F3NO2/c1-20-12(19)11(18)14-4-13(5-14,6-14)8-2-7(15)3-9(16)10(8)17/h2-3,11H,4-6,18H2,1H3. The Balaban J connectivity index is 1.84. The predicted octanol–water partition coefficient (Wildman–Crippen LogP) is 2.03. The van der Waals surface area contributed by atoms with E-state index in [0.717, 1.165) is 6.07 Å². The zero-order valence-electron chi connectivity index (χ0n) is 10.9. The molecule has 1 aromatic rings. The van der Waals surface area contributed by atoms with E-state index >= 15 is 0 Å². The highest BCUT2D eigenvalue weighted by Gasteiger charge is 2.72. The normalized spacial score (nSPS) is 32.0. The fourth-order valence-electron chi connectivity index (χ4n) is 3.80. The van der Waals surface area contributed by atoms with Crippen LogP contribution in [0.15, 0.2) is 12.1 Å². The molecule has 20 heavy (non-hydrogen) atoms. The van der Waals surface area contributed by atoms with E-state index < -0.39 is 40.3 Å². The van der Waals surface area contributed by atoms with Crippen LogP contribution in [-0.2, 0) is 14.9 Å². The Bertz CT molecular complexity index is 583. The van der Waals surface area contributed by atoms with Crippen molar-refractivity contribution in [2.24, 2.45) is 11.1 Å². The first-order chi connectivity index (χ1) is 9.33. The molecule has 0 heterocycles. The molecule has 1 aromatic carbocycles. The van der Waals surface area contributed by atoms with E-state index in [9.17, 15) is 18.0 Å². The molecule has 3 aliphatic carbocycles. The second kappa shape index (κ2) is 3.97. The second-order valence-electron chi connectivity index (χ2n) is 5.92. The fraction of sp³-hybridized carbons (Fsp3) is 0.500. The minimum Gasteiger partial charge on any atom is -0.468 e. The Morgan fingerprint density at radius 3 is 2.45 bits per heavy atom. The van der Waals surface area contributed by atoms with Gasteiger partial charge in [0.25, 0.3) is 0 Å². The molecule has 0 aliphatic heterocycles. The van der Waals surface area contributed by atoms with E-state index in [2.05, 4.69) is 4.74 Å². The maximum atomic E-state index is 13.8. The fourth-order valence-corrected chi connectivity index (χ4v) is 3.80. The number of carbonyl (C=O) groups excluding carboxylic acids is 1. The van der Waals surface area contributed by atoms with E-state index in [1.807, 2.05) is 0 Å². The van der Waals surface area contributed by atoms with Gasteiger partial charge in [-0.2, -0.15) is 0 Å². The molecule has 3 fully saturated rings. The van der Waals surface area contributed by atoms with E-state index in [4.69, 9.17) is 5.73 Å². The van der Waals surface area contributed by atoms with Gasteiger partial charge in [0.15, 0.2) is 11.6 Å². The Morgan fingerprint density at radius 2 is 1.90 bits per heavy atom. The van der Waals surface area contributed by atoms with Crippen LogP contribution in [0.1, 0.15) is 24.8 Å². The average Bonchev–Trinajstić information content (AvgIpc) is 2.30. The summed E-state index contributed by atoms with van der Waals surface area (Å²) in [5.41, 5.74) is 4.87. The minimum absolute atomic E-state index is 0.0499. The monoisotopic (exact) mass is 285 g/mol. The zero-order valence-corrected chi connectivity index (χ0v) is 10.9. The maximum Gasteiger partial charge on any atom is 0.323 e. The molecule has 1 atom stereocenters. The Kier molecular flexibility index (Phi) is 2.67. The number of carbonyl (C=O) groups is 1. The molecule has 2 N–H and O–H groups in total. The summed E-state index contributed by atoms with van der Waals surface area (Å²) in [5.74, 6) is -3.50. The summed E-state index contributed by atoms with van der Waals surface area (Å²) < 4.78 is 44.9. The smallest absolute Gasteiger partial charge is 0.323 e. The second-order valence-corrected chi connectivity index (χ2v) is 5.92. The van der Waals surface area contributed by atoms with Crippen LogP contribution in [0.4, 0.5) is 13.2 Å². The number of halogens is 3. The lowest BCUT2D eigenvalue weighted by molar-refractivity contribution is -0.182. The van der Waals surface area contributed by atoms with Crippen LogP contribution in [0.5, 0.6) is 0 Å². The van der Waals surface area contributed by atoms with Crippen LogP contribution in [0.2, 0.25) is 0 Å². The van der Waals surface area contributed by atoms with Gasteiger partial charge >= 0.3 is 5.97 Å². The quantitative estimate of drug-likeness (QED) is 0.683. The Morgan fingerprint density at radius 1 is 1.30 bits per heavy atom. The molecule has 0 saturated heterocycles. The molecular weight excluding hydrogens is 271 g/mol. The third-order valence-corrected chi connectivity index (χ3v) is 4.75. The summed E-state index contributed by atoms with van der Waals surface area (Å²) in [5, 5.41) is 0. The van der Waals surface area contributed by atoms with Crippen molar-refractivity contribution in [1.82, 2.24) is 0 Å². The third-order valence-electron chi connectivity index (χ3n) is 4.75.